The summed E-state index contributed by atoms with van der Waals surface area (Å²) in [6.07, 6.45) is 0. The Morgan fingerprint density at radius 3 is 2.38 bits per heavy atom. The summed E-state index contributed by atoms with van der Waals surface area (Å²) < 4.78 is 13.3. The maximum absolute atomic E-state index is 13.3. The summed E-state index contributed by atoms with van der Waals surface area (Å²) in [5.41, 5.74) is 5.01. The highest BCUT2D eigenvalue weighted by atomic mass is 19.1. The molecule has 0 unspecified atom stereocenters. The summed E-state index contributed by atoms with van der Waals surface area (Å²) in [5.74, 6) is -2.95. The van der Waals surface area contributed by atoms with Gasteiger partial charge < -0.3 is 21.3 Å². The minimum Gasteiger partial charge on any atom is -0.506 e. The number of amides is 1. The first-order chi connectivity index (χ1) is 9.88. The van der Waals surface area contributed by atoms with Crippen molar-refractivity contribution in [3.05, 3.63) is 53.3 Å². The number of rotatable bonds is 3. The van der Waals surface area contributed by atoms with Gasteiger partial charge >= 0.3 is 5.97 Å². The van der Waals surface area contributed by atoms with E-state index in [1.165, 1.54) is 18.2 Å². The van der Waals surface area contributed by atoms with Gasteiger partial charge in [-0.05, 0) is 36.4 Å². The molecule has 0 saturated carbocycles. The number of benzene rings is 2. The molecule has 2 aromatic carbocycles. The van der Waals surface area contributed by atoms with Crippen molar-refractivity contribution in [2.75, 3.05) is 11.1 Å². The van der Waals surface area contributed by atoms with Crippen LogP contribution < -0.4 is 11.1 Å². The number of carbonyl (C=O) groups is 2. The van der Waals surface area contributed by atoms with Crippen molar-refractivity contribution in [1.29, 1.82) is 0 Å². The highest BCUT2D eigenvalue weighted by Crippen LogP contribution is 2.25. The first kappa shape index (κ1) is 14.3. The Morgan fingerprint density at radius 1 is 1.10 bits per heavy atom. The molecule has 5 N–H and O–H groups in total. The van der Waals surface area contributed by atoms with E-state index in [1.807, 2.05) is 0 Å². The van der Waals surface area contributed by atoms with E-state index in [1.54, 1.807) is 0 Å². The topological polar surface area (TPSA) is 113 Å². The second-order valence-corrected chi connectivity index (χ2v) is 4.23. The van der Waals surface area contributed by atoms with Crippen LogP contribution in [0.5, 0.6) is 5.75 Å². The van der Waals surface area contributed by atoms with E-state index in [9.17, 15) is 19.1 Å². The number of hydrogen-bond donors (Lipinski definition) is 4. The van der Waals surface area contributed by atoms with Crippen LogP contribution in [0.3, 0.4) is 0 Å². The molecule has 0 aliphatic heterocycles. The van der Waals surface area contributed by atoms with Crippen molar-refractivity contribution in [3.8, 4) is 5.75 Å². The molecule has 0 bridgehead atoms. The number of carboxylic acid groups (broad SMARTS) is 1. The van der Waals surface area contributed by atoms with Crippen molar-refractivity contribution in [1.82, 2.24) is 0 Å². The number of phenols is 1. The fourth-order valence-corrected chi connectivity index (χ4v) is 1.63. The van der Waals surface area contributed by atoms with Crippen LogP contribution in [0.15, 0.2) is 36.4 Å². The number of nitrogens with two attached hydrogens (primary N) is 1. The van der Waals surface area contributed by atoms with Crippen LogP contribution in [0.25, 0.3) is 0 Å². The van der Waals surface area contributed by atoms with E-state index in [-0.39, 0.29) is 28.3 Å². The molecule has 7 heteroatoms. The smallest absolute Gasteiger partial charge is 0.335 e. The maximum atomic E-state index is 13.3. The number of aromatic hydroxyl groups is 1. The molecular formula is C14H11FN2O4. The van der Waals surface area contributed by atoms with Crippen molar-refractivity contribution in [2.24, 2.45) is 0 Å². The van der Waals surface area contributed by atoms with Gasteiger partial charge in [-0.15, -0.1) is 0 Å². The normalized spacial score (nSPS) is 10.1. The lowest BCUT2D eigenvalue weighted by Gasteiger charge is -2.09. The Balaban J connectivity index is 2.28. The summed E-state index contributed by atoms with van der Waals surface area (Å²) in [4.78, 5) is 22.8. The Labute approximate surface area is 118 Å². The number of hydrogen-bond acceptors (Lipinski definition) is 4. The van der Waals surface area contributed by atoms with Gasteiger partial charge in [0.25, 0.3) is 5.91 Å². The Bertz CT molecular complexity index is 731. The van der Waals surface area contributed by atoms with Gasteiger partial charge in [-0.2, -0.15) is 0 Å². The third-order valence-electron chi connectivity index (χ3n) is 2.75. The summed E-state index contributed by atoms with van der Waals surface area (Å²) >= 11 is 0. The molecule has 1 amide bonds. The summed E-state index contributed by atoms with van der Waals surface area (Å²) in [7, 11) is 0. The fraction of sp³-hybridized carbons (Fsp3) is 0. The minimum atomic E-state index is -1.20. The third-order valence-corrected chi connectivity index (χ3v) is 2.75. The van der Waals surface area contributed by atoms with Crippen LogP contribution in [0.1, 0.15) is 20.7 Å². The van der Waals surface area contributed by atoms with Gasteiger partial charge in [-0.25, -0.2) is 9.18 Å². The number of carboxylic acids is 1. The van der Waals surface area contributed by atoms with E-state index >= 15 is 0 Å². The number of phenolic OH excluding ortho intramolecular Hbond substituents is 1. The minimum absolute atomic E-state index is 0.0122. The van der Waals surface area contributed by atoms with Gasteiger partial charge in [0.2, 0.25) is 0 Å². The lowest BCUT2D eigenvalue weighted by Crippen LogP contribution is -2.13. The van der Waals surface area contributed by atoms with Crippen molar-refractivity contribution in [3.63, 3.8) is 0 Å². The molecule has 0 aliphatic rings. The fourth-order valence-electron chi connectivity index (χ4n) is 1.63. The van der Waals surface area contributed by atoms with Crippen LogP contribution in [-0.4, -0.2) is 22.1 Å². The van der Waals surface area contributed by atoms with E-state index < -0.39 is 17.7 Å². The van der Waals surface area contributed by atoms with E-state index in [4.69, 9.17) is 10.8 Å². The van der Waals surface area contributed by atoms with Gasteiger partial charge in [0.15, 0.2) is 0 Å². The molecule has 0 aromatic heterocycles. The van der Waals surface area contributed by atoms with Crippen LogP contribution in [0, 0.1) is 5.82 Å². The average molecular weight is 290 g/mol. The first-order valence-electron chi connectivity index (χ1n) is 5.81. The molecule has 0 aliphatic carbocycles. The number of carbonyl (C=O) groups excluding carboxylic acids is 1. The van der Waals surface area contributed by atoms with Gasteiger partial charge in [0.1, 0.15) is 11.6 Å². The van der Waals surface area contributed by atoms with E-state index in [0.717, 1.165) is 18.2 Å². The standard InChI is InChI=1S/C14H11FN2O4/c15-9-5-7(1-3-10(9)16)13(19)17-11-6-8(14(20)21)2-4-12(11)18/h1-6,18H,16H2,(H,17,19)(H,20,21). The van der Waals surface area contributed by atoms with Gasteiger partial charge in [0, 0.05) is 5.56 Å². The predicted octanol–water partition coefficient (Wildman–Crippen LogP) is 2.06. The predicted molar refractivity (Wildman–Crippen MR) is 73.8 cm³/mol. The molecule has 0 radical (unpaired) electrons. The molecule has 0 saturated heterocycles. The van der Waals surface area contributed by atoms with E-state index in [0.29, 0.717) is 0 Å². The molecule has 2 rings (SSSR count). The Kier molecular flexibility index (Phi) is 3.75. The van der Waals surface area contributed by atoms with Gasteiger partial charge in [0.05, 0.1) is 16.9 Å². The lowest BCUT2D eigenvalue weighted by atomic mass is 10.1. The summed E-state index contributed by atoms with van der Waals surface area (Å²) in [6.45, 7) is 0. The number of aromatic carboxylic acids is 1. The third kappa shape index (κ3) is 3.08. The van der Waals surface area contributed by atoms with Crippen molar-refractivity contribution >= 4 is 23.3 Å². The van der Waals surface area contributed by atoms with Crippen molar-refractivity contribution in [2.45, 2.75) is 0 Å². The average Bonchev–Trinajstić information content (AvgIpc) is 2.43. The van der Waals surface area contributed by atoms with Gasteiger partial charge in [-0.3, -0.25) is 4.79 Å². The van der Waals surface area contributed by atoms with Crippen molar-refractivity contribution < 1.29 is 24.2 Å². The number of nitrogen functional groups attached to an aromatic ring is 1. The molecule has 0 spiro atoms. The van der Waals surface area contributed by atoms with E-state index in [2.05, 4.69) is 5.32 Å². The zero-order chi connectivity index (χ0) is 15.6. The number of nitrogens with one attached hydrogen (secondary N) is 1. The molecular weight excluding hydrogens is 279 g/mol. The van der Waals surface area contributed by atoms with Crippen LogP contribution in [0.2, 0.25) is 0 Å². The summed E-state index contributed by atoms with van der Waals surface area (Å²) in [5, 5.41) is 20.8. The highest BCUT2D eigenvalue weighted by molar-refractivity contribution is 6.05. The zero-order valence-corrected chi connectivity index (χ0v) is 10.6. The lowest BCUT2D eigenvalue weighted by molar-refractivity contribution is 0.0696. The second kappa shape index (κ2) is 5.49. The molecule has 0 fully saturated rings. The van der Waals surface area contributed by atoms with Crippen LogP contribution in [-0.2, 0) is 0 Å². The van der Waals surface area contributed by atoms with Crippen LogP contribution >= 0.6 is 0 Å². The maximum Gasteiger partial charge on any atom is 0.335 e. The zero-order valence-electron chi connectivity index (χ0n) is 10.6. The number of halogens is 1. The quantitative estimate of drug-likeness (QED) is 0.510. The first-order valence-corrected chi connectivity index (χ1v) is 5.81. The van der Waals surface area contributed by atoms with Gasteiger partial charge in [-0.1, -0.05) is 0 Å². The molecule has 6 nitrogen and oxygen atoms in total. The molecule has 108 valence electrons. The SMILES string of the molecule is Nc1ccc(C(=O)Nc2cc(C(=O)O)ccc2O)cc1F. The Hall–Kier alpha value is -3.09. The largest absolute Gasteiger partial charge is 0.506 e. The molecule has 0 atom stereocenters. The summed E-state index contributed by atoms with van der Waals surface area (Å²) in [6, 6.07) is 6.93. The highest BCUT2D eigenvalue weighted by Gasteiger charge is 2.13. The second-order valence-electron chi connectivity index (χ2n) is 4.23. The molecule has 21 heavy (non-hydrogen) atoms. The van der Waals surface area contributed by atoms with Crippen LogP contribution in [0.4, 0.5) is 15.8 Å². The Morgan fingerprint density at radius 2 is 1.76 bits per heavy atom. The molecule has 0 heterocycles. The molecule has 2 aromatic rings. The monoisotopic (exact) mass is 290 g/mol. The number of anilines is 2.